The Balaban J connectivity index is 2.51. The van der Waals surface area contributed by atoms with E-state index in [1.54, 1.807) is 0 Å². The molecule has 1 spiro atoms. The average Bonchev–Trinajstić information content (AvgIpc) is 2.73. The second kappa shape index (κ2) is 5.42. The zero-order valence-electron chi connectivity index (χ0n) is 11.1. The molecule has 6 N–H and O–H groups in total. The van der Waals surface area contributed by atoms with Crippen molar-refractivity contribution in [1.82, 2.24) is 10.9 Å². The summed E-state index contributed by atoms with van der Waals surface area (Å²) >= 11 is 0. The highest BCUT2D eigenvalue weighted by atomic mass is 15.5. The Labute approximate surface area is 113 Å². The molecule has 0 atom stereocenters. The van der Waals surface area contributed by atoms with Crippen LogP contribution in [0, 0.1) is 5.41 Å². The van der Waals surface area contributed by atoms with Gasteiger partial charge in [0.2, 0.25) is 0 Å². The van der Waals surface area contributed by atoms with Crippen LogP contribution >= 0.6 is 0 Å². The number of nitrogens with one attached hydrogen (secondary N) is 2. The van der Waals surface area contributed by atoms with E-state index in [1.807, 2.05) is 12.2 Å². The molecule has 2 aliphatic rings. The van der Waals surface area contributed by atoms with Gasteiger partial charge in [-0.15, -0.1) is 5.10 Å². The first-order valence-electron chi connectivity index (χ1n) is 6.41. The van der Waals surface area contributed by atoms with E-state index in [0.29, 0.717) is 5.84 Å². The molecule has 0 amide bonds. The molecule has 1 fully saturated rings. The van der Waals surface area contributed by atoms with Crippen LogP contribution in [-0.4, -0.2) is 18.9 Å². The van der Waals surface area contributed by atoms with Crippen molar-refractivity contribution in [2.75, 3.05) is 13.1 Å². The molecule has 1 aliphatic heterocycles. The first kappa shape index (κ1) is 13.6. The van der Waals surface area contributed by atoms with Gasteiger partial charge in [-0.3, -0.25) is 0 Å². The quantitative estimate of drug-likeness (QED) is 0.259. The van der Waals surface area contributed by atoms with Gasteiger partial charge in [0.15, 0.2) is 5.84 Å². The van der Waals surface area contributed by atoms with E-state index in [0.717, 1.165) is 37.1 Å². The van der Waals surface area contributed by atoms with Crippen molar-refractivity contribution in [3.8, 4) is 0 Å². The maximum Gasteiger partial charge on any atom is 0.152 e. The number of hydrazone groups is 1. The van der Waals surface area contributed by atoms with Crippen molar-refractivity contribution in [1.29, 1.82) is 0 Å². The van der Waals surface area contributed by atoms with Crippen molar-refractivity contribution in [3.05, 3.63) is 48.1 Å². The molecule has 0 aromatic carbocycles. The van der Waals surface area contributed by atoms with Crippen LogP contribution in [0.2, 0.25) is 0 Å². The van der Waals surface area contributed by atoms with Gasteiger partial charge in [0, 0.05) is 11.0 Å². The summed E-state index contributed by atoms with van der Waals surface area (Å²) in [6.45, 7) is 9.80. The molecule has 19 heavy (non-hydrogen) atoms. The molecule has 1 saturated heterocycles. The maximum absolute atomic E-state index is 5.97. The number of piperidine rings is 1. The van der Waals surface area contributed by atoms with Crippen molar-refractivity contribution < 1.29 is 0 Å². The van der Waals surface area contributed by atoms with E-state index < -0.39 is 0 Å². The van der Waals surface area contributed by atoms with E-state index in [2.05, 4.69) is 35.2 Å². The van der Waals surface area contributed by atoms with Gasteiger partial charge in [0.1, 0.15) is 0 Å². The number of allylic oxidation sites excluding steroid dienone is 4. The molecular weight excluding hydrogens is 238 g/mol. The Kier molecular flexibility index (Phi) is 3.87. The van der Waals surface area contributed by atoms with E-state index in [-0.39, 0.29) is 5.41 Å². The monoisotopic (exact) mass is 259 g/mol. The van der Waals surface area contributed by atoms with Crippen molar-refractivity contribution in [3.63, 3.8) is 0 Å². The summed E-state index contributed by atoms with van der Waals surface area (Å²) in [4.78, 5) is 0. The first-order chi connectivity index (χ1) is 9.18. The van der Waals surface area contributed by atoms with Crippen LogP contribution < -0.4 is 22.4 Å². The molecule has 5 heteroatoms. The lowest BCUT2D eigenvalue weighted by molar-refractivity contribution is 0.333. The van der Waals surface area contributed by atoms with Gasteiger partial charge in [0.05, 0.1) is 0 Å². The van der Waals surface area contributed by atoms with Crippen LogP contribution in [0.25, 0.3) is 0 Å². The van der Waals surface area contributed by atoms with Crippen LogP contribution in [0.15, 0.2) is 53.2 Å². The molecule has 0 aromatic rings. The zero-order chi connectivity index (χ0) is 13.9. The molecule has 5 nitrogen and oxygen atoms in total. The Morgan fingerprint density at radius 3 is 2.58 bits per heavy atom. The lowest BCUT2D eigenvalue weighted by Gasteiger charge is -2.34. The third-order valence-electron chi connectivity index (χ3n) is 3.90. The topological polar surface area (TPSA) is 88.5 Å². The summed E-state index contributed by atoms with van der Waals surface area (Å²) in [6, 6.07) is 0. The van der Waals surface area contributed by atoms with Gasteiger partial charge in [0.25, 0.3) is 0 Å². The normalized spacial score (nSPS) is 22.4. The number of hydrazine groups is 1. The molecule has 0 saturated carbocycles. The predicted octanol–water partition coefficient (Wildman–Crippen LogP) is 0.700. The highest BCUT2D eigenvalue weighted by Crippen LogP contribution is 2.48. The van der Waals surface area contributed by atoms with E-state index >= 15 is 0 Å². The minimum atomic E-state index is 0.000591. The molecule has 0 bridgehead atoms. The highest BCUT2D eigenvalue weighted by Gasteiger charge is 2.39. The summed E-state index contributed by atoms with van der Waals surface area (Å²) < 4.78 is 0. The fourth-order valence-electron chi connectivity index (χ4n) is 3.01. The van der Waals surface area contributed by atoms with Crippen molar-refractivity contribution in [2.24, 2.45) is 22.1 Å². The van der Waals surface area contributed by atoms with Crippen molar-refractivity contribution >= 4 is 5.84 Å². The van der Waals surface area contributed by atoms with Gasteiger partial charge in [-0.25, -0.2) is 11.4 Å². The van der Waals surface area contributed by atoms with Crippen LogP contribution in [0.4, 0.5) is 0 Å². The lowest BCUT2D eigenvalue weighted by Crippen LogP contribution is -2.35. The van der Waals surface area contributed by atoms with Gasteiger partial charge in [-0.2, -0.15) is 0 Å². The lowest BCUT2D eigenvalue weighted by atomic mass is 9.74. The first-order valence-corrected chi connectivity index (χ1v) is 6.41. The van der Waals surface area contributed by atoms with E-state index in [1.165, 1.54) is 5.57 Å². The third kappa shape index (κ3) is 2.22. The molecule has 1 aliphatic carbocycles. The van der Waals surface area contributed by atoms with Crippen LogP contribution in [0.5, 0.6) is 0 Å². The van der Waals surface area contributed by atoms with Crippen LogP contribution in [0.3, 0.4) is 0 Å². The average molecular weight is 259 g/mol. The summed E-state index contributed by atoms with van der Waals surface area (Å²) in [5, 5.41) is 7.25. The Hall–Kier alpha value is -1.85. The van der Waals surface area contributed by atoms with Crippen molar-refractivity contribution in [2.45, 2.75) is 12.8 Å². The minimum absolute atomic E-state index is 0.000591. The summed E-state index contributed by atoms with van der Waals surface area (Å²) in [7, 11) is 0. The smallest absolute Gasteiger partial charge is 0.152 e. The van der Waals surface area contributed by atoms with E-state index in [9.17, 15) is 0 Å². The number of rotatable bonds is 4. The fraction of sp³-hybridized carbons (Fsp3) is 0.357. The fourth-order valence-corrected chi connectivity index (χ4v) is 3.01. The molecule has 1 heterocycles. The van der Waals surface area contributed by atoms with Gasteiger partial charge in [-0.1, -0.05) is 31.4 Å². The number of amidine groups is 1. The largest absolute Gasteiger partial charge is 0.382 e. The SMILES string of the molecule is C=CC1=C(C=C)C2(C=C1/C(N)=N/NN)CCNCC2. The molecule has 2 rings (SSSR count). The molecule has 0 unspecified atom stereocenters. The third-order valence-corrected chi connectivity index (χ3v) is 3.90. The highest BCUT2D eigenvalue weighted by molar-refractivity contribution is 6.03. The maximum atomic E-state index is 5.97. The summed E-state index contributed by atoms with van der Waals surface area (Å²) in [5.74, 6) is 5.59. The Morgan fingerprint density at radius 2 is 2.05 bits per heavy atom. The molecular formula is C14H21N5. The van der Waals surface area contributed by atoms with Gasteiger partial charge in [-0.05, 0) is 37.1 Å². The van der Waals surface area contributed by atoms with Crippen LogP contribution in [-0.2, 0) is 0 Å². The molecule has 102 valence electrons. The summed E-state index contributed by atoms with van der Waals surface area (Å²) in [6.07, 6.45) is 7.97. The van der Waals surface area contributed by atoms with Crippen LogP contribution in [0.1, 0.15) is 12.8 Å². The van der Waals surface area contributed by atoms with Gasteiger partial charge >= 0.3 is 0 Å². The number of nitrogens with two attached hydrogens (primary N) is 2. The Bertz CT molecular complexity index is 478. The standard InChI is InChI=1S/C14H21N5/c1-3-10-11(13(15)18-19-16)9-14(12(10)4-2)5-7-17-8-6-14/h3-4,9,17,19H,1-2,5-8,16H2,(H2,15,18). The Morgan fingerprint density at radius 1 is 1.37 bits per heavy atom. The minimum Gasteiger partial charge on any atom is -0.382 e. The molecule has 0 aromatic heterocycles. The second-order valence-electron chi connectivity index (χ2n) is 4.83. The summed E-state index contributed by atoms with van der Waals surface area (Å²) in [5.41, 5.74) is 11.3. The zero-order valence-corrected chi connectivity index (χ0v) is 11.1. The molecule has 0 radical (unpaired) electrons. The number of nitrogens with zero attached hydrogens (tertiary/aromatic N) is 1. The van der Waals surface area contributed by atoms with E-state index in [4.69, 9.17) is 11.6 Å². The number of hydrogen-bond acceptors (Lipinski definition) is 4. The number of hydrogen-bond donors (Lipinski definition) is 4. The second-order valence-corrected chi connectivity index (χ2v) is 4.83. The predicted molar refractivity (Wildman–Crippen MR) is 79.0 cm³/mol. The van der Waals surface area contributed by atoms with Gasteiger partial charge < -0.3 is 11.1 Å².